The summed E-state index contributed by atoms with van der Waals surface area (Å²) in [5.74, 6) is -3.62. The number of benzene rings is 3. The second-order valence-corrected chi connectivity index (χ2v) is 15.2. The van der Waals surface area contributed by atoms with Gasteiger partial charge in [0.2, 0.25) is 0 Å². The maximum absolute atomic E-state index is 14.6. The van der Waals surface area contributed by atoms with Crippen molar-refractivity contribution in [3.63, 3.8) is 0 Å². The molecule has 0 spiro atoms. The Balaban J connectivity index is 1.38. The standard InChI is InChI=1S/C34H32F9N3O4S/c35-24-8-12-26(13-9-24)51(48,49)31(14-15-46(21-31)30(47)45-18-16-44(17-19-45)25-10-11-25)22-4-6-23(7-5-22)32(33(38,39)40,34(41,42)43)50-20-27-28(36)2-1-3-29(27)37/h1-9,12-13,25H,10-11,14-21H2/t31-/m0/s1. The zero-order chi connectivity index (χ0) is 37.0. The van der Waals surface area contributed by atoms with Gasteiger partial charge in [0.15, 0.2) is 9.84 Å². The molecular formula is C34H32F9N3O4S. The van der Waals surface area contributed by atoms with E-state index in [-0.39, 0.29) is 23.4 Å². The van der Waals surface area contributed by atoms with Gasteiger partial charge in [0, 0.05) is 56.4 Å². The summed E-state index contributed by atoms with van der Waals surface area (Å²) in [6, 6.07) is 8.25. The fraction of sp³-hybridized carbons (Fsp3) is 0.441. The molecule has 0 N–H and O–H groups in total. The summed E-state index contributed by atoms with van der Waals surface area (Å²) in [5.41, 5.74) is -8.02. The molecule has 7 nitrogen and oxygen atoms in total. The number of urea groups is 1. The van der Waals surface area contributed by atoms with Crippen LogP contribution < -0.4 is 0 Å². The molecule has 0 unspecified atom stereocenters. The second kappa shape index (κ2) is 13.3. The van der Waals surface area contributed by atoms with E-state index in [9.17, 15) is 52.7 Å². The number of hydrogen-bond donors (Lipinski definition) is 0. The maximum atomic E-state index is 14.6. The lowest BCUT2D eigenvalue weighted by molar-refractivity contribution is -0.392. The van der Waals surface area contributed by atoms with Crippen molar-refractivity contribution in [2.24, 2.45) is 0 Å². The highest BCUT2D eigenvalue weighted by Gasteiger charge is 2.73. The molecular weight excluding hydrogens is 717 g/mol. The minimum atomic E-state index is -6.22. The van der Waals surface area contributed by atoms with E-state index in [0.717, 1.165) is 55.3 Å². The summed E-state index contributed by atoms with van der Waals surface area (Å²) in [5, 5.41) is 0. The van der Waals surface area contributed by atoms with Crippen molar-refractivity contribution < 1.29 is 57.5 Å². The lowest BCUT2D eigenvalue weighted by Crippen LogP contribution is -2.56. The molecule has 276 valence electrons. The molecule has 2 heterocycles. The third-order valence-corrected chi connectivity index (χ3v) is 12.4. The molecule has 0 bridgehead atoms. The fourth-order valence-corrected chi connectivity index (χ4v) is 8.98. The Morgan fingerprint density at radius 1 is 0.765 bits per heavy atom. The van der Waals surface area contributed by atoms with Gasteiger partial charge >= 0.3 is 18.4 Å². The SMILES string of the molecule is O=C(N1CCN(C2CC2)CC1)N1CC[C@](c2ccc(C(OCc3c(F)cccc3F)(C(F)(F)F)C(F)(F)F)cc2)(S(=O)(=O)c2ccc(F)cc2)C1. The van der Waals surface area contributed by atoms with E-state index < -0.39 is 80.3 Å². The number of rotatable bonds is 8. The number of ether oxygens (including phenoxy) is 1. The first-order valence-corrected chi connectivity index (χ1v) is 17.5. The van der Waals surface area contributed by atoms with E-state index >= 15 is 0 Å². The van der Waals surface area contributed by atoms with Crippen molar-refractivity contribution in [2.75, 3.05) is 39.3 Å². The number of carbonyl (C=O) groups is 1. The summed E-state index contributed by atoms with van der Waals surface area (Å²) >= 11 is 0. The van der Waals surface area contributed by atoms with Crippen LogP contribution in [-0.2, 0) is 31.5 Å². The molecule has 2 amide bonds. The summed E-state index contributed by atoms with van der Waals surface area (Å²) in [7, 11) is -4.59. The molecule has 0 aromatic heterocycles. The minimum absolute atomic E-state index is 0.115. The van der Waals surface area contributed by atoms with Crippen molar-refractivity contribution in [1.82, 2.24) is 14.7 Å². The first kappa shape index (κ1) is 36.9. The molecule has 1 atom stereocenters. The molecule has 17 heteroatoms. The molecule has 3 aromatic carbocycles. The first-order valence-electron chi connectivity index (χ1n) is 16.0. The summed E-state index contributed by atoms with van der Waals surface area (Å²) in [6.45, 7) is -0.365. The number of hydrogen-bond acceptors (Lipinski definition) is 5. The average molecular weight is 750 g/mol. The van der Waals surface area contributed by atoms with Crippen LogP contribution in [0.1, 0.15) is 36.0 Å². The summed E-state index contributed by atoms with van der Waals surface area (Å²) in [6.07, 6.45) is -10.6. The van der Waals surface area contributed by atoms with E-state index in [1.165, 1.54) is 4.90 Å². The van der Waals surface area contributed by atoms with Gasteiger partial charge in [-0.05, 0) is 61.2 Å². The van der Waals surface area contributed by atoms with Gasteiger partial charge < -0.3 is 14.5 Å². The van der Waals surface area contributed by atoms with Crippen LogP contribution in [0.3, 0.4) is 0 Å². The van der Waals surface area contributed by atoms with Crippen LogP contribution in [0, 0.1) is 17.5 Å². The lowest BCUT2D eigenvalue weighted by Gasteiger charge is -2.38. The van der Waals surface area contributed by atoms with Crippen LogP contribution in [0.15, 0.2) is 71.6 Å². The molecule has 3 aromatic rings. The van der Waals surface area contributed by atoms with Crippen molar-refractivity contribution in [3.05, 3.63) is 101 Å². The predicted octanol–water partition coefficient (Wildman–Crippen LogP) is 6.92. The first-order chi connectivity index (χ1) is 23.9. The van der Waals surface area contributed by atoms with Crippen molar-refractivity contribution >= 4 is 15.9 Å². The van der Waals surface area contributed by atoms with Gasteiger partial charge in [-0.1, -0.05) is 30.3 Å². The number of piperazine rings is 1. The van der Waals surface area contributed by atoms with Gasteiger partial charge in [-0.2, -0.15) is 26.3 Å². The largest absolute Gasteiger partial charge is 0.430 e. The molecule has 51 heavy (non-hydrogen) atoms. The van der Waals surface area contributed by atoms with Crippen molar-refractivity contribution in [3.8, 4) is 0 Å². The highest BCUT2D eigenvalue weighted by Crippen LogP contribution is 2.54. The molecule has 6 rings (SSSR count). The quantitative estimate of drug-likeness (QED) is 0.185. The van der Waals surface area contributed by atoms with Gasteiger partial charge in [0.1, 0.15) is 22.2 Å². The molecule has 1 saturated carbocycles. The van der Waals surface area contributed by atoms with E-state index in [1.807, 2.05) is 0 Å². The van der Waals surface area contributed by atoms with Crippen LogP contribution >= 0.6 is 0 Å². The van der Waals surface area contributed by atoms with E-state index in [4.69, 9.17) is 0 Å². The zero-order valence-electron chi connectivity index (χ0n) is 26.8. The van der Waals surface area contributed by atoms with E-state index in [1.54, 1.807) is 4.90 Å². The Morgan fingerprint density at radius 2 is 1.33 bits per heavy atom. The van der Waals surface area contributed by atoms with E-state index in [0.29, 0.717) is 56.5 Å². The van der Waals surface area contributed by atoms with Crippen LogP contribution in [0.25, 0.3) is 0 Å². The molecule has 3 aliphatic rings. The summed E-state index contributed by atoms with van der Waals surface area (Å²) < 4.78 is 161. The van der Waals surface area contributed by atoms with Crippen LogP contribution in [0.2, 0.25) is 0 Å². The Bertz CT molecular complexity index is 1830. The van der Waals surface area contributed by atoms with Crippen LogP contribution in [-0.4, -0.2) is 86.8 Å². The topological polar surface area (TPSA) is 70.2 Å². The third kappa shape index (κ3) is 6.56. The van der Waals surface area contributed by atoms with Gasteiger partial charge in [0.05, 0.1) is 11.5 Å². The number of alkyl halides is 6. The second-order valence-electron chi connectivity index (χ2n) is 12.9. The summed E-state index contributed by atoms with van der Waals surface area (Å²) in [4.78, 5) is 18.4. The normalized spacial score (nSPS) is 21.0. The molecule has 3 fully saturated rings. The Morgan fingerprint density at radius 3 is 1.86 bits per heavy atom. The molecule has 0 radical (unpaired) electrons. The van der Waals surface area contributed by atoms with Gasteiger partial charge in [-0.15, -0.1) is 0 Å². The smallest absolute Gasteiger partial charge is 0.349 e. The number of nitrogens with zero attached hydrogens (tertiary/aromatic N) is 3. The Kier molecular flexibility index (Phi) is 9.63. The number of likely N-dealkylation sites (tertiary alicyclic amines) is 1. The maximum Gasteiger partial charge on any atom is 0.430 e. The minimum Gasteiger partial charge on any atom is -0.349 e. The predicted molar refractivity (Wildman–Crippen MR) is 164 cm³/mol. The highest BCUT2D eigenvalue weighted by molar-refractivity contribution is 7.92. The average Bonchev–Trinajstić information content (AvgIpc) is 3.82. The fourth-order valence-electron chi connectivity index (χ4n) is 6.91. The van der Waals surface area contributed by atoms with Gasteiger partial charge in [-0.25, -0.2) is 26.4 Å². The monoisotopic (exact) mass is 749 g/mol. The van der Waals surface area contributed by atoms with Crippen LogP contribution in [0.4, 0.5) is 44.3 Å². The Labute approximate surface area is 287 Å². The molecule has 2 aliphatic heterocycles. The van der Waals surface area contributed by atoms with E-state index in [2.05, 4.69) is 9.64 Å². The third-order valence-electron chi connectivity index (χ3n) is 9.90. The van der Waals surface area contributed by atoms with Gasteiger partial charge in [-0.3, -0.25) is 4.90 Å². The molecule has 1 aliphatic carbocycles. The highest BCUT2D eigenvalue weighted by atomic mass is 32.2. The Hall–Kier alpha value is -3.83. The number of halogens is 9. The zero-order valence-corrected chi connectivity index (χ0v) is 27.6. The van der Waals surface area contributed by atoms with Crippen molar-refractivity contribution in [1.29, 1.82) is 0 Å². The number of amides is 2. The molecule has 2 saturated heterocycles. The van der Waals surface area contributed by atoms with Gasteiger partial charge in [0.25, 0.3) is 5.60 Å². The lowest BCUT2D eigenvalue weighted by atomic mass is 9.88. The van der Waals surface area contributed by atoms with Crippen molar-refractivity contribution in [2.45, 2.75) is 59.5 Å². The van der Waals surface area contributed by atoms with Crippen LogP contribution in [0.5, 0.6) is 0 Å². The number of sulfone groups is 1. The number of carbonyl (C=O) groups excluding carboxylic acids is 1.